The van der Waals surface area contributed by atoms with Gasteiger partial charge in [0, 0.05) is 0 Å². The van der Waals surface area contributed by atoms with Gasteiger partial charge in [-0.1, -0.05) is 0 Å². The molecule has 0 aliphatic rings. The molecule has 1 aromatic carbocycles. The zero-order chi connectivity index (χ0) is 47.1. The van der Waals surface area contributed by atoms with E-state index in [1.165, 1.54) is 0 Å². The lowest BCUT2D eigenvalue weighted by Gasteiger charge is -2.09. The van der Waals surface area contributed by atoms with Gasteiger partial charge in [0.05, 0.1) is 224 Å². The van der Waals surface area contributed by atoms with E-state index < -0.39 is 47.2 Å². The number of rotatable bonds is 51. The fourth-order valence-corrected chi connectivity index (χ4v) is 4.46. The maximum atomic E-state index is 13.6. The molecule has 0 saturated carbocycles. The van der Waals surface area contributed by atoms with Gasteiger partial charge in [-0.25, -0.2) is 13.2 Å². The number of carbonyl (C=O) groups excluding carboxylic acids is 1. The molecule has 0 amide bonds. The van der Waals surface area contributed by atoms with E-state index in [0.29, 0.717) is 185 Å². The number of benzene rings is 1. The molecule has 0 fully saturated rings. The van der Waals surface area contributed by atoms with Crippen LogP contribution in [0, 0.1) is 29.1 Å². The normalized spacial score (nSPS) is 11.6. The molecule has 1 aromatic rings. The first kappa shape index (κ1) is 60.7. The van der Waals surface area contributed by atoms with Crippen LogP contribution in [0.15, 0.2) is 0 Å². The van der Waals surface area contributed by atoms with E-state index in [9.17, 15) is 26.7 Å². The van der Waals surface area contributed by atoms with Crippen LogP contribution in [-0.2, 0) is 80.6 Å². The SMILES string of the molecule is O=C(CCOCCOCCOCCOCCOCCOCCOCCOCCOCCOCCOCCOCCOCCOCCOCCOCCO)Oc1c(F)c(F)c(F)c(F)c1F. The van der Waals surface area contributed by atoms with Crippen molar-refractivity contribution in [2.75, 3.05) is 218 Å². The van der Waals surface area contributed by atoms with E-state index in [-0.39, 0.29) is 33.0 Å². The van der Waals surface area contributed by atoms with Crippen molar-refractivity contribution in [2.45, 2.75) is 6.42 Å². The highest BCUT2D eigenvalue weighted by Crippen LogP contribution is 2.29. The molecule has 0 spiro atoms. The van der Waals surface area contributed by atoms with Crippen LogP contribution in [0.2, 0.25) is 0 Å². The van der Waals surface area contributed by atoms with Crippen molar-refractivity contribution in [1.82, 2.24) is 0 Å². The van der Waals surface area contributed by atoms with Crippen LogP contribution in [-0.4, -0.2) is 229 Å². The number of aliphatic hydroxyl groups excluding tert-OH is 1. The number of ether oxygens (including phenoxy) is 17. The summed E-state index contributed by atoms with van der Waals surface area (Å²) in [7, 11) is 0. The van der Waals surface area contributed by atoms with Crippen LogP contribution in [0.5, 0.6) is 5.75 Å². The van der Waals surface area contributed by atoms with Crippen molar-refractivity contribution in [3.63, 3.8) is 0 Å². The third-order valence-corrected chi connectivity index (χ3v) is 7.65. The molecule has 382 valence electrons. The molecule has 1 rings (SSSR count). The van der Waals surface area contributed by atoms with Gasteiger partial charge in [0.25, 0.3) is 0 Å². The van der Waals surface area contributed by atoms with Crippen molar-refractivity contribution in [2.24, 2.45) is 0 Å². The number of aliphatic hydroxyl groups is 1. The van der Waals surface area contributed by atoms with Crippen LogP contribution in [0.1, 0.15) is 6.42 Å². The first-order chi connectivity index (χ1) is 31.9. The average Bonchev–Trinajstić information content (AvgIpc) is 3.31. The lowest BCUT2D eigenvalue weighted by atomic mass is 10.2. The second-order valence-corrected chi connectivity index (χ2v) is 12.6. The summed E-state index contributed by atoms with van der Waals surface area (Å²) in [6.45, 7) is 12.5. The van der Waals surface area contributed by atoms with Gasteiger partial charge >= 0.3 is 5.97 Å². The summed E-state index contributed by atoms with van der Waals surface area (Å²) >= 11 is 0. The Morgan fingerprint density at radius 1 is 0.277 bits per heavy atom. The Morgan fingerprint density at radius 3 is 0.646 bits per heavy atom. The highest BCUT2D eigenvalue weighted by molar-refractivity contribution is 5.72. The van der Waals surface area contributed by atoms with Gasteiger partial charge in [-0.2, -0.15) is 8.78 Å². The van der Waals surface area contributed by atoms with Gasteiger partial charge in [-0.3, -0.25) is 4.79 Å². The fraction of sp³-hybridized carbons (Fsp3) is 0.829. The molecule has 0 radical (unpaired) electrons. The van der Waals surface area contributed by atoms with E-state index in [1.807, 2.05) is 0 Å². The number of esters is 1. The second-order valence-electron chi connectivity index (χ2n) is 12.6. The third-order valence-electron chi connectivity index (χ3n) is 7.65. The van der Waals surface area contributed by atoms with Crippen LogP contribution < -0.4 is 4.74 Å². The Hall–Kier alpha value is -2.34. The monoisotopic (exact) mass is 960 g/mol. The van der Waals surface area contributed by atoms with Gasteiger partial charge in [-0.15, -0.1) is 0 Å². The van der Waals surface area contributed by atoms with Crippen LogP contribution in [0.4, 0.5) is 22.0 Å². The molecule has 65 heavy (non-hydrogen) atoms. The number of hydrogen-bond acceptors (Lipinski definition) is 19. The molecule has 0 atom stereocenters. The molecular formula is C41H69F5O19. The van der Waals surface area contributed by atoms with E-state index in [2.05, 4.69) is 4.74 Å². The van der Waals surface area contributed by atoms with Gasteiger partial charge in [-0.05, 0) is 0 Å². The highest BCUT2D eigenvalue weighted by Gasteiger charge is 2.28. The average molecular weight is 961 g/mol. The van der Waals surface area contributed by atoms with E-state index in [4.69, 9.17) is 80.9 Å². The summed E-state index contributed by atoms with van der Waals surface area (Å²) in [5.41, 5.74) is 0. The maximum absolute atomic E-state index is 13.6. The zero-order valence-corrected chi connectivity index (χ0v) is 37.2. The van der Waals surface area contributed by atoms with Crippen molar-refractivity contribution in [3.8, 4) is 5.75 Å². The van der Waals surface area contributed by atoms with Gasteiger partial charge in [0.15, 0.2) is 0 Å². The van der Waals surface area contributed by atoms with Crippen LogP contribution in [0.3, 0.4) is 0 Å². The summed E-state index contributed by atoms with van der Waals surface area (Å²) in [5.74, 6) is -14.2. The molecule has 0 saturated heterocycles. The van der Waals surface area contributed by atoms with Crippen LogP contribution >= 0.6 is 0 Å². The predicted molar refractivity (Wildman–Crippen MR) is 217 cm³/mol. The third kappa shape index (κ3) is 37.3. The molecule has 0 aliphatic heterocycles. The van der Waals surface area contributed by atoms with E-state index in [0.717, 1.165) is 0 Å². The Kier molecular flexibility index (Phi) is 43.6. The minimum absolute atomic E-state index is 0.00930. The smallest absolute Gasteiger partial charge is 0.313 e. The molecule has 24 heteroatoms. The van der Waals surface area contributed by atoms with E-state index >= 15 is 0 Å². The standard InChI is InChI=1S/C41H69F5O19/c42-36-37(43)39(45)41(40(46)38(36)44)65-35(48)1-3-49-5-7-51-9-11-53-13-15-55-17-19-57-21-23-59-25-27-61-29-31-63-33-34-64-32-30-62-28-26-60-24-22-58-20-18-56-16-14-54-12-10-52-8-6-50-4-2-47/h47H,1-34H2. The summed E-state index contributed by atoms with van der Waals surface area (Å²) in [6.07, 6.45) is -0.493. The lowest BCUT2D eigenvalue weighted by molar-refractivity contribution is -0.136. The molecule has 1 N–H and O–H groups in total. The maximum Gasteiger partial charge on any atom is 0.313 e. The molecular weight excluding hydrogens is 891 g/mol. The topological polar surface area (TPSA) is 194 Å². The number of carbonyl (C=O) groups is 1. The number of hydrogen-bond donors (Lipinski definition) is 1. The summed E-state index contributed by atoms with van der Waals surface area (Å²) in [4.78, 5) is 11.7. The first-order valence-electron chi connectivity index (χ1n) is 21.5. The van der Waals surface area contributed by atoms with Gasteiger partial charge in [0.2, 0.25) is 34.8 Å². The van der Waals surface area contributed by atoms with Crippen molar-refractivity contribution < 1.29 is 112 Å². The van der Waals surface area contributed by atoms with Crippen molar-refractivity contribution >= 4 is 5.97 Å². The first-order valence-corrected chi connectivity index (χ1v) is 21.5. The Balaban J connectivity index is 1.67. The largest absolute Gasteiger partial charge is 0.420 e. The molecule has 19 nitrogen and oxygen atoms in total. The predicted octanol–water partition coefficient (Wildman–Crippen LogP) is 1.94. The zero-order valence-electron chi connectivity index (χ0n) is 37.2. The van der Waals surface area contributed by atoms with Gasteiger partial charge in [0.1, 0.15) is 0 Å². The van der Waals surface area contributed by atoms with E-state index in [1.54, 1.807) is 0 Å². The molecule has 0 bridgehead atoms. The molecule has 0 heterocycles. The number of halogens is 5. The molecule has 0 aromatic heterocycles. The quantitative estimate of drug-likeness (QED) is 0.0248. The minimum atomic E-state index is -2.35. The minimum Gasteiger partial charge on any atom is -0.420 e. The lowest BCUT2D eigenvalue weighted by Crippen LogP contribution is -2.16. The Labute approximate surface area is 377 Å². The Bertz CT molecular complexity index is 1200. The second kappa shape index (κ2) is 46.8. The fourth-order valence-electron chi connectivity index (χ4n) is 4.46. The van der Waals surface area contributed by atoms with Gasteiger partial charge < -0.3 is 85.6 Å². The highest BCUT2D eigenvalue weighted by atomic mass is 19.2. The summed E-state index contributed by atoms with van der Waals surface area (Å²) in [6, 6.07) is 0. The Morgan fingerprint density at radius 2 is 0.446 bits per heavy atom. The summed E-state index contributed by atoms with van der Waals surface area (Å²) < 4.78 is 157. The van der Waals surface area contributed by atoms with Crippen molar-refractivity contribution in [1.29, 1.82) is 0 Å². The molecule has 0 aliphatic carbocycles. The van der Waals surface area contributed by atoms with Crippen LogP contribution in [0.25, 0.3) is 0 Å². The van der Waals surface area contributed by atoms with Crippen molar-refractivity contribution in [3.05, 3.63) is 29.1 Å². The molecule has 0 unspecified atom stereocenters. The summed E-state index contributed by atoms with van der Waals surface area (Å²) in [5, 5.41) is 8.59.